The molecule has 3 aromatic rings. The van der Waals surface area contributed by atoms with Crippen molar-refractivity contribution in [3.8, 4) is 0 Å². The van der Waals surface area contributed by atoms with Crippen molar-refractivity contribution in [2.75, 3.05) is 57.3 Å². The van der Waals surface area contributed by atoms with Crippen molar-refractivity contribution in [1.29, 1.82) is 0 Å². The zero-order valence-corrected chi connectivity index (χ0v) is 24.2. The first-order valence-electron chi connectivity index (χ1n) is 12.3. The summed E-state index contributed by atoms with van der Waals surface area (Å²) in [6, 6.07) is 6.63. The minimum absolute atomic E-state index is 0.198. The molecule has 0 unspecified atom stereocenters. The Kier molecular flexibility index (Phi) is 13.5. The Balaban J connectivity index is 0.000000200. The summed E-state index contributed by atoms with van der Waals surface area (Å²) in [5.74, 6) is -0.198. The first-order valence-corrected chi connectivity index (χ1v) is 14.2. The van der Waals surface area contributed by atoms with Crippen LogP contribution >= 0.6 is 11.3 Å². The second-order valence-electron chi connectivity index (χ2n) is 8.72. The van der Waals surface area contributed by atoms with Gasteiger partial charge in [0.2, 0.25) is 0 Å². The van der Waals surface area contributed by atoms with Gasteiger partial charge in [0.05, 0.1) is 24.7 Å². The Bertz CT molecular complexity index is 1000. The number of thiazole rings is 1. The molecule has 12 heteroatoms. The van der Waals surface area contributed by atoms with Crippen LogP contribution in [0.25, 0.3) is 5.32 Å². The molecule has 0 saturated carbocycles. The van der Waals surface area contributed by atoms with E-state index < -0.39 is 0 Å². The molecule has 37 heavy (non-hydrogen) atoms. The summed E-state index contributed by atoms with van der Waals surface area (Å²) >= 11 is 2.18. The van der Waals surface area contributed by atoms with Crippen molar-refractivity contribution in [2.24, 2.45) is 5.73 Å². The van der Waals surface area contributed by atoms with E-state index in [-0.39, 0.29) is 5.82 Å². The summed E-state index contributed by atoms with van der Waals surface area (Å²) in [4.78, 5) is 13.2. The zero-order valence-electron chi connectivity index (χ0n) is 20.8. The molecule has 2 aromatic heterocycles. The normalized spacial score (nSPS) is 17.9. The molecule has 0 amide bonds. The molecule has 2 saturated heterocycles. The molecule has 2 fully saturated rings. The molecule has 5 rings (SSSR count). The molecule has 0 radical (unpaired) electrons. The van der Waals surface area contributed by atoms with Gasteiger partial charge in [-0.1, -0.05) is 18.3 Å². The maximum atomic E-state index is 12.9. The van der Waals surface area contributed by atoms with Crippen LogP contribution in [0.5, 0.6) is 0 Å². The van der Waals surface area contributed by atoms with E-state index in [4.69, 9.17) is 14.0 Å². The number of nitrogens with two attached hydrogens (primary N) is 1. The van der Waals surface area contributed by atoms with E-state index in [0.717, 1.165) is 75.9 Å². The van der Waals surface area contributed by atoms with E-state index in [1.54, 1.807) is 17.5 Å². The van der Waals surface area contributed by atoms with Crippen LogP contribution in [0.2, 0.25) is 0 Å². The Hall–Kier alpha value is -1.93. The van der Waals surface area contributed by atoms with Crippen LogP contribution in [0.15, 0.2) is 43.0 Å². The van der Waals surface area contributed by atoms with Gasteiger partial charge in [-0.3, -0.25) is 0 Å². The molecule has 9 nitrogen and oxygen atoms in total. The third-order valence-corrected chi connectivity index (χ3v) is 6.87. The van der Waals surface area contributed by atoms with Gasteiger partial charge >= 0.3 is 22.1 Å². The van der Waals surface area contributed by atoms with E-state index in [1.807, 2.05) is 24.7 Å². The van der Waals surface area contributed by atoms with Crippen molar-refractivity contribution < 1.29 is 31.2 Å². The van der Waals surface area contributed by atoms with E-state index in [9.17, 15) is 4.39 Å². The summed E-state index contributed by atoms with van der Waals surface area (Å²) in [7, 11) is 0. The molecule has 0 bridgehead atoms. The van der Waals surface area contributed by atoms with Crippen molar-refractivity contribution in [2.45, 2.75) is 32.0 Å². The Labute approximate surface area is 232 Å². The summed E-state index contributed by atoms with van der Waals surface area (Å²) < 4.78 is 29.0. The van der Waals surface area contributed by atoms with Gasteiger partial charge in [-0.2, -0.15) is 5.38 Å². The van der Waals surface area contributed by atoms with Crippen molar-refractivity contribution in [3.05, 3.63) is 70.8 Å². The van der Waals surface area contributed by atoms with Gasteiger partial charge in [-0.15, -0.1) is 13.1 Å². The third-order valence-electron chi connectivity index (χ3n) is 6.10. The number of hydrogen-bond donors (Lipinski definition) is 1. The van der Waals surface area contributed by atoms with Gasteiger partial charge in [0.1, 0.15) is 5.82 Å². The molecular formula is C25H34FN7O2OsS-2. The van der Waals surface area contributed by atoms with Crippen LogP contribution in [0.4, 0.5) is 9.52 Å². The number of halogens is 1. The van der Waals surface area contributed by atoms with Crippen LogP contribution in [-0.4, -0.2) is 78.0 Å². The number of rotatable bonds is 8. The van der Waals surface area contributed by atoms with Crippen LogP contribution < -0.4 is 10.6 Å². The molecule has 0 aliphatic carbocycles. The number of piperazine rings is 1. The molecule has 204 valence electrons. The average Bonchev–Trinajstić information content (AvgIpc) is 3.64. The number of benzene rings is 1. The second kappa shape index (κ2) is 16.8. The second-order valence-corrected chi connectivity index (χ2v) is 9.52. The molecule has 1 atom stereocenters. The Morgan fingerprint density at radius 2 is 1.97 bits per heavy atom. The first kappa shape index (κ1) is 29.6. The molecular weight excluding hydrogens is 672 g/mol. The van der Waals surface area contributed by atoms with Gasteiger partial charge in [0, 0.05) is 44.1 Å². The summed E-state index contributed by atoms with van der Waals surface area (Å²) in [6.07, 6.45) is 8.08. The van der Waals surface area contributed by atoms with Gasteiger partial charge in [0.25, 0.3) is 0 Å². The number of piperidine rings is 1. The van der Waals surface area contributed by atoms with Gasteiger partial charge < -0.3 is 46.5 Å². The quantitative estimate of drug-likeness (QED) is 0.360. The Morgan fingerprint density at radius 1 is 1.19 bits per heavy atom. The predicted octanol–water partition coefficient (Wildman–Crippen LogP) is 3.03. The average molecular weight is 706 g/mol. The fourth-order valence-electron chi connectivity index (χ4n) is 4.26. The molecule has 1 aromatic carbocycles. The number of imidazole rings is 1. The van der Waals surface area contributed by atoms with Crippen molar-refractivity contribution in [3.63, 3.8) is 0 Å². The van der Waals surface area contributed by atoms with E-state index >= 15 is 0 Å². The van der Waals surface area contributed by atoms with Gasteiger partial charge in [-0.25, -0.2) is 9.37 Å². The molecule has 2 N–H and O–H groups in total. The zero-order chi connectivity index (χ0) is 26.3. The van der Waals surface area contributed by atoms with Crippen molar-refractivity contribution >= 4 is 16.5 Å². The van der Waals surface area contributed by atoms with Crippen LogP contribution in [0.1, 0.15) is 24.1 Å². The summed E-state index contributed by atoms with van der Waals surface area (Å²) in [5, 5.41) is 8.42. The molecule has 4 heterocycles. The van der Waals surface area contributed by atoms with Crippen LogP contribution in [0, 0.1) is 11.2 Å². The topological polar surface area (TPSA) is 104 Å². The van der Waals surface area contributed by atoms with Gasteiger partial charge in [0.15, 0.2) is 0 Å². The van der Waals surface area contributed by atoms with E-state index in [1.165, 1.54) is 17.8 Å². The van der Waals surface area contributed by atoms with E-state index in [2.05, 4.69) is 35.0 Å². The maximum absolute atomic E-state index is 12.9. The molecule has 2 aliphatic rings. The third kappa shape index (κ3) is 10.0. The fraction of sp³-hybridized carbons (Fsp3) is 0.520. The van der Waals surface area contributed by atoms with Crippen LogP contribution in [-0.2, 0) is 39.9 Å². The monoisotopic (exact) mass is 707 g/mol. The predicted molar refractivity (Wildman–Crippen MR) is 138 cm³/mol. The number of nitrogens with zero attached hydrogens (tertiary/aromatic N) is 6. The summed E-state index contributed by atoms with van der Waals surface area (Å²) in [6.45, 7) is 8.77. The van der Waals surface area contributed by atoms with Crippen molar-refractivity contribution in [1.82, 2.24) is 19.4 Å². The number of anilines is 1. The van der Waals surface area contributed by atoms with Crippen LogP contribution in [0.3, 0.4) is 0 Å². The first-order chi connectivity index (χ1) is 18.2. The molecule has 0 spiro atoms. The van der Waals surface area contributed by atoms with E-state index in [0.29, 0.717) is 37.8 Å². The number of hydrogen-bond acceptors (Lipinski definition) is 8. The minimum atomic E-state index is -0.198. The standard InChI is InChI=1S/C15H18FN4.C10H16N3OS.O.Os/c16-14-3-1-13(2-4-14)10-20-12-18-9-15(20)11-19-7-5-17-6-8-19;11-3-6-14-9-2-1-5-13(8-9)10-12-4-7-15-10;;/h1-4,9,12H,5-8,10-11H2;4,9H,1-3,5-6,8,11H2;;/q2*-1;;/t;9-;;/m.1../s1. The Morgan fingerprint density at radius 3 is 2.68 bits per heavy atom. The fourth-order valence-corrected chi connectivity index (χ4v) is 4.87. The van der Waals surface area contributed by atoms with Gasteiger partial charge in [-0.05, 0) is 43.6 Å². The molecule has 2 aliphatic heterocycles. The number of ether oxygens (including phenoxy) is 1. The summed E-state index contributed by atoms with van der Waals surface area (Å²) in [5.41, 5.74) is 7.69. The number of aromatic nitrogens is 3. The SMILES string of the molecule is Fc1ccc(Cn2cncc2CN2CC[N-]CC2)cc1.NCCO[C@@H]1CCCN(c2nc[c-]s2)C1.[O]=[Os].